The fraction of sp³-hybridized carbons (Fsp3) is 0.895. The van der Waals surface area contributed by atoms with Crippen LogP contribution < -0.4 is 0 Å². The summed E-state index contributed by atoms with van der Waals surface area (Å²) >= 11 is 0. The average molecular weight is 422 g/mol. The lowest BCUT2D eigenvalue weighted by Crippen LogP contribution is -2.60. The van der Waals surface area contributed by atoms with E-state index < -0.39 is 61.4 Å². The third kappa shape index (κ3) is 6.41. The van der Waals surface area contributed by atoms with Gasteiger partial charge in [0.2, 0.25) is 0 Å². The number of hydrogen-bond donors (Lipinski definition) is 6. The maximum Gasteiger partial charge on any atom is 0.187 e. The van der Waals surface area contributed by atoms with Crippen molar-refractivity contribution in [3.8, 4) is 0 Å². The second-order valence-electron chi connectivity index (χ2n) is 7.50. The second kappa shape index (κ2) is 11.7. The number of rotatable bonds is 10. The predicted molar refractivity (Wildman–Crippen MR) is 99.6 cm³/mol. The zero-order valence-electron chi connectivity index (χ0n) is 16.6. The lowest BCUT2D eigenvalue weighted by atomic mass is 9.99. The Bertz CT molecular complexity index is 492. The molecule has 0 aromatic heterocycles. The summed E-state index contributed by atoms with van der Waals surface area (Å²) in [6, 6.07) is 0. The molecule has 2 aliphatic rings. The van der Waals surface area contributed by atoms with Crippen molar-refractivity contribution >= 4 is 0 Å². The molecule has 2 fully saturated rings. The molecule has 0 radical (unpaired) electrons. The molecular formula is C19H34O10. The summed E-state index contributed by atoms with van der Waals surface area (Å²) in [6.45, 7) is 5.24. The Balaban J connectivity index is 1.93. The Morgan fingerprint density at radius 2 is 1.66 bits per heavy atom. The van der Waals surface area contributed by atoms with E-state index in [1.165, 1.54) is 0 Å². The van der Waals surface area contributed by atoms with Crippen LogP contribution >= 0.6 is 0 Å². The van der Waals surface area contributed by atoms with Gasteiger partial charge in [-0.05, 0) is 6.42 Å². The van der Waals surface area contributed by atoms with Gasteiger partial charge in [-0.2, -0.15) is 0 Å². The van der Waals surface area contributed by atoms with Crippen molar-refractivity contribution in [1.29, 1.82) is 0 Å². The van der Waals surface area contributed by atoms with E-state index >= 15 is 0 Å². The van der Waals surface area contributed by atoms with Gasteiger partial charge in [0.1, 0.15) is 42.7 Å². The molecule has 2 saturated heterocycles. The van der Waals surface area contributed by atoms with Crippen LogP contribution in [0.5, 0.6) is 0 Å². The van der Waals surface area contributed by atoms with Crippen LogP contribution in [0.25, 0.3) is 0 Å². The first-order valence-corrected chi connectivity index (χ1v) is 10.0. The van der Waals surface area contributed by atoms with Crippen LogP contribution in [-0.4, -0.2) is 105 Å². The molecule has 0 saturated carbocycles. The van der Waals surface area contributed by atoms with E-state index in [1.54, 1.807) is 6.08 Å². The fourth-order valence-corrected chi connectivity index (χ4v) is 3.29. The van der Waals surface area contributed by atoms with Crippen molar-refractivity contribution in [3.63, 3.8) is 0 Å². The van der Waals surface area contributed by atoms with Crippen molar-refractivity contribution in [2.75, 3.05) is 13.2 Å². The van der Waals surface area contributed by atoms with E-state index in [-0.39, 0.29) is 13.2 Å². The van der Waals surface area contributed by atoms with E-state index in [1.807, 2.05) is 0 Å². The van der Waals surface area contributed by atoms with Gasteiger partial charge >= 0.3 is 0 Å². The highest BCUT2D eigenvalue weighted by atomic mass is 16.7. The lowest BCUT2D eigenvalue weighted by molar-refractivity contribution is -0.325. The molecule has 0 bridgehead atoms. The van der Waals surface area contributed by atoms with Crippen molar-refractivity contribution in [2.45, 2.75) is 94.0 Å². The quantitative estimate of drug-likeness (QED) is 0.179. The van der Waals surface area contributed by atoms with Gasteiger partial charge in [-0.15, -0.1) is 6.58 Å². The highest BCUT2D eigenvalue weighted by Crippen LogP contribution is 2.26. The van der Waals surface area contributed by atoms with Gasteiger partial charge in [0.05, 0.1) is 19.3 Å². The zero-order chi connectivity index (χ0) is 21.6. The van der Waals surface area contributed by atoms with Crippen LogP contribution in [0.15, 0.2) is 12.7 Å². The number of hydrogen-bond acceptors (Lipinski definition) is 10. The molecule has 10 heteroatoms. The van der Waals surface area contributed by atoms with Gasteiger partial charge in [-0.25, -0.2) is 0 Å². The molecule has 0 unspecified atom stereocenters. The average Bonchev–Trinajstić information content (AvgIpc) is 2.71. The summed E-state index contributed by atoms with van der Waals surface area (Å²) in [6.07, 6.45) is -7.36. The number of aliphatic hydroxyl groups is 6. The number of aliphatic hydroxyl groups excluding tert-OH is 6. The number of unbranched alkanes of at least 4 members (excludes halogenated alkanes) is 2. The zero-order valence-corrected chi connectivity index (χ0v) is 16.6. The van der Waals surface area contributed by atoms with Crippen molar-refractivity contribution in [3.05, 3.63) is 12.7 Å². The van der Waals surface area contributed by atoms with Crippen molar-refractivity contribution in [1.82, 2.24) is 0 Å². The Morgan fingerprint density at radius 1 is 0.966 bits per heavy atom. The topological polar surface area (TPSA) is 158 Å². The summed E-state index contributed by atoms with van der Waals surface area (Å²) in [5.41, 5.74) is 0. The summed E-state index contributed by atoms with van der Waals surface area (Å²) in [5.74, 6) is 0. The standard InChI is InChI=1S/C19H34O10/c1-3-5-6-7-10(4-2)28-19-17(25)15(23)14(22)12(29-19)9-27-18-16(24)13(21)11(20)8-26-18/h4,10-25H,2-3,5-9H2,1H3/t10-,11+,12+,13+,14+,15-,16+,17+,18+,19+/m1/s1. The molecule has 2 heterocycles. The van der Waals surface area contributed by atoms with E-state index in [2.05, 4.69) is 13.5 Å². The van der Waals surface area contributed by atoms with Gasteiger partial charge in [0, 0.05) is 0 Å². The molecule has 170 valence electrons. The van der Waals surface area contributed by atoms with Gasteiger partial charge in [-0.3, -0.25) is 0 Å². The summed E-state index contributed by atoms with van der Waals surface area (Å²) in [4.78, 5) is 0. The van der Waals surface area contributed by atoms with Gasteiger partial charge < -0.3 is 49.6 Å². The second-order valence-corrected chi connectivity index (χ2v) is 7.50. The summed E-state index contributed by atoms with van der Waals surface area (Å²) < 4.78 is 21.8. The highest BCUT2D eigenvalue weighted by molar-refractivity contribution is 4.91. The smallest absolute Gasteiger partial charge is 0.187 e. The first kappa shape index (κ1) is 24.6. The molecule has 0 aliphatic carbocycles. The minimum atomic E-state index is -1.53. The minimum Gasteiger partial charge on any atom is -0.388 e. The van der Waals surface area contributed by atoms with E-state index in [0.717, 1.165) is 19.3 Å². The Kier molecular flexibility index (Phi) is 9.89. The van der Waals surface area contributed by atoms with E-state index in [0.29, 0.717) is 6.42 Å². The molecule has 0 spiro atoms. The van der Waals surface area contributed by atoms with E-state index in [9.17, 15) is 30.6 Å². The molecule has 0 aromatic rings. The highest BCUT2D eigenvalue weighted by Gasteiger charge is 2.46. The molecular weight excluding hydrogens is 388 g/mol. The largest absolute Gasteiger partial charge is 0.388 e. The van der Waals surface area contributed by atoms with Crippen molar-refractivity contribution in [2.24, 2.45) is 0 Å². The van der Waals surface area contributed by atoms with Gasteiger partial charge in [0.15, 0.2) is 12.6 Å². The Labute approximate surface area is 170 Å². The van der Waals surface area contributed by atoms with Crippen LogP contribution in [0, 0.1) is 0 Å². The van der Waals surface area contributed by atoms with Gasteiger partial charge in [-0.1, -0.05) is 32.3 Å². The summed E-state index contributed by atoms with van der Waals surface area (Å²) in [7, 11) is 0. The third-order valence-electron chi connectivity index (χ3n) is 5.21. The maximum atomic E-state index is 10.2. The minimum absolute atomic E-state index is 0.233. The molecule has 10 nitrogen and oxygen atoms in total. The van der Waals surface area contributed by atoms with Crippen molar-refractivity contribution < 1.29 is 49.6 Å². The van der Waals surface area contributed by atoms with E-state index in [4.69, 9.17) is 18.9 Å². The molecule has 6 N–H and O–H groups in total. The number of ether oxygens (including phenoxy) is 4. The van der Waals surface area contributed by atoms with Crippen LogP contribution in [0.4, 0.5) is 0 Å². The Morgan fingerprint density at radius 3 is 2.31 bits per heavy atom. The summed E-state index contributed by atoms with van der Waals surface area (Å²) in [5, 5.41) is 59.6. The predicted octanol–water partition coefficient (Wildman–Crippen LogP) is -1.60. The SMILES string of the molecule is C=C[C@H](CCCCC)O[C@H]1O[C@@H](CO[C@@H]2OC[C@H](O)[C@H](O)[C@@H]2O)[C@H](O)[C@@H](O)[C@@H]1O. The monoisotopic (exact) mass is 422 g/mol. The first-order valence-electron chi connectivity index (χ1n) is 10.0. The fourth-order valence-electron chi connectivity index (χ4n) is 3.29. The molecule has 0 amide bonds. The molecule has 0 aromatic carbocycles. The maximum absolute atomic E-state index is 10.2. The third-order valence-corrected chi connectivity index (χ3v) is 5.21. The molecule has 29 heavy (non-hydrogen) atoms. The molecule has 10 atom stereocenters. The van der Waals surface area contributed by atoms with Crippen LogP contribution in [0.3, 0.4) is 0 Å². The molecule has 2 rings (SSSR count). The molecule has 2 aliphatic heterocycles. The Hall–Kier alpha value is -0.660. The lowest BCUT2D eigenvalue weighted by Gasteiger charge is -2.42. The van der Waals surface area contributed by atoms with Crippen LogP contribution in [-0.2, 0) is 18.9 Å². The normalized spacial score (nSPS) is 41.8. The van der Waals surface area contributed by atoms with Gasteiger partial charge in [0.25, 0.3) is 0 Å². The van der Waals surface area contributed by atoms with Crippen LogP contribution in [0.1, 0.15) is 32.6 Å². The first-order chi connectivity index (χ1) is 13.8. The van der Waals surface area contributed by atoms with Crippen LogP contribution in [0.2, 0.25) is 0 Å².